The van der Waals surface area contributed by atoms with Crippen LogP contribution in [-0.2, 0) is 11.2 Å². The van der Waals surface area contributed by atoms with Gasteiger partial charge in [-0.15, -0.1) is 0 Å². The van der Waals surface area contributed by atoms with E-state index in [4.69, 9.17) is 4.74 Å². The summed E-state index contributed by atoms with van der Waals surface area (Å²) in [5, 5.41) is 6.26. The number of amides is 1. The minimum atomic E-state index is -0.0443. The Morgan fingerprint density at radius 3 is 3.11 bits per heavy atom. The Morgan fingerprint density at radius 1 is 1.42 bits per heavy atom. The number of hydrogen-bond donors (Lipinski definition) is 2. The maximum atomic E-state index is 12.1. The lowest BCUT2D eigenvalue weighted by Crippen LogP contribution is -2.43. The Hall–Kier alpha value is -1.55. The second-order valence-electron chi connectivity index (χ2n) is 5.45. The summed E-state index contributed by atoms with van der Waals surface area (Å²) >= 11 is 0. The lowest BCUT2D eigenvalue weighted by Gasteiger charge is -2.22. The average molecular weight is 260 g/mol. The summed E-state index contributed by atoms with van der Waals surface area (Å²) in [5.74, 6) is 1.02. The van der Waals surface area contributed by atoms with Crippen molar-refractivity contribution < 1.29 is 9.53 Å². The van der Waals surface area contributed by atoms with Crippen molar-refractivity contribution in [3.8, 4) is 5.75 Å². The molecule has 3 rings (SSSR count). The van der Waals surface area contributed by atoms with Gasteiger partial charge < -0.3 is 15.4 Å². The third kappa shape index (κ3) is 2.73. The SMILES string of the molecule is CC1Cc2cc(NC(=O)C3CCCCN3)ccc2O1. The number of carbonyl (C=O) groups is 1. The molecule has 4 nitrogen and oxygen atoms in total. The smallest absolute Gasteiger partial charge is 0.241 e. The third-order valence-electron chi connectivity index (χ3n) is 3.79. The monoisotopic (exact) mass is 260 g/mol. The number of ether oxygens (including phenoxy) is 1. The van der Waals surface area contributed by atoms with Crippen molar-refractivity contribution in [2.45, 2.75) is 44.8 Å². The van der Waals surface area contributed by atoms with Crippen molar-refractivity contribution in [2.24, 2.45) is 0 Å². The normalized spacial score (nSPS) is 25.5. The number of piperidine rings is 1. The van der Waals surface area contributed by atoms with Crippen molar-refractivity contribution in [3.63, 3.8) is 0 Å². The molecular weight excluding hydrogens is 240 g/mol. The highest BCUT2D eigenvalue weighted by Crippen LogP contribution is 2.31. The van der Waals surface area contributed by atoms with Crippen LogP contribution in [0.3, 0.4) is 0 Å². The third-order valence-corrected chi connectivity index (χ3v) is 3.79. The molecular formula is C15H20N2O2. The van der Waals surface area contributed by atoms with Gasteiger partial charge >= 0.3 is 0 Å². The molecule has 0 saturated carbocycles. The maximum absolute atomic E-state index is 12.1. The largest absolute Gasteiger partial charge is 0.490 e. The van der Waals surface area contributed by atoms with E-state index in [1.807, 2.05) is 18.2 Å². The molecule has 2 unspecified atom stereocenters. The maximum Gasteiger partial charge on any atom is 0.241 e. The first-order valence-corrected chi connectivity index (χ1v) is 7.06. The molecule has 2 heterocycles. The van der Waals surface area contributed by atoms with Gasteiger partial charge in [-0.1, -0.05) is 6.42 Å². The number of hydrogen-bond acceptors (Lipinski definition) is 3. The fraction of sp³-hybridized carbons (Fsp3) is 0.533. The molecule has 0 aromatic heterocycles. The molecule has 2 aliphatic heterocycles. The predicted molar refractivity (Wildman–Crippen MR) is 74.5 cm³/mol. The lowest BCUT2D eigenvalue weighted by molar-refractivity contribution is -0.118. The molecule has 1 aromatic carbocycles. The van der Waals surface area contributed by atoms with E-state index >= 15 is 0 Å². The molecule has 0 bridgehead atoms. The first kappa shape index (κ1) is 12.5. The summed E-state index contributed by atoms with van der Waals surface area (Å²) in [6.45, 7) is 3.00. The Balaban J connectivity index is 1.67. The molecule has 1 aromatic rings. The second kappa shape index (κ2) is 5.21. The van der Waals surface area contributed by atoms with Crippen molar-refractivity contribution >= 4 is 11.6 Å². The second-order valence-corrected chi connectivity index (χ2v) is 5.45. The molecule has 1 saturated heterocycles. The van der Waals surface area contributed by atoms with Gasteiger partial charge in [-0.05, 0) is 50.1 Å². The molecule has 4 heteroatoms. The summed E-state index contributed by atoms with van der Waals surface area (Å²) in [4.78, 5) is 12.1. The molecule has 2 aliphatic rings. The molecule has 19 heavy (non-hydrogen) atoms. The highest BCUT2D eigenvalue weighted by Gasteiger charge is 2.22. The molecule has 2 N–H and O–H groups in total. The van der Waals surface area contributed by atoms with Gasteiger partial charge in [-0.3, -0.25) is 4.79 Å². The lowest BCUT2D eigenvalue weighted by atomic mass is 10.0. The number of carbonyl (C=O) groups excluding carboxylic acids is 1. The minimum Gasteiger partial charge on any atom is -0.490 e. The predicted octanol–water partition coefficient (Wildman–Crippen LogP) is 2.09. The van der Waals surface area contributed by atoms with E-state index < -0.39 is 0 Å². The molecule has 0 aliphatic carbocycles. The highest BCUT2D eigenvalue weighted by molar-refractivity contribution is 5.95. The number of benzene rings is 1. The number of rotatable bonds is 2. The van der Waals surface area contributed by atoms with Crippen molar-refractivity contribution in [1.29, 1.82) is 0 Å². The number of fused-ring (bicyclic) bond motifs is 1. The highest BCUT2D eigenvalue weighted by atomic mass is 16.5. The topological polar surface area (TPSA) is 50.4 Å². The first-order valence-electron chi connectivity index (χ1n) is 7.06. The molecule has 1 amide bonds. The molecule has 0 radical (unpaired) electrons. The van der Waals surface area contributed by atoms with Crippen molar-refractivity contribution in [2.75, 3.05) is 11.9 Å². The van der Waals surface area contributed by atoms with E-state index in [1.54, 1.807) is 0 Å². The Labute approximate surface area is 113 Å². The van der Waals surface area contributed by atoms with Crippen LogP contribution in [0.4, 0.5) is 5.69 Å². The average Bonchev–Trinajstić information content (AvgIpc) is 2.79. The molecule has 0 spiro atoms. The fourth-order valence-corrected chi connectivity index (χ4v) is 2.80. The summed E-state index contributed by atoms with van der Waals surface area (Å²) in [6.07, 6.45) is 4.37. The van der Waals surface area contributed by atoms with Gasteiger partial charge in [0.15, 0.2) is 0 Å². The zero-order valence-corrected chi connectivity index (χ0v) is 11.2. The van der Waals surface area contributed by atoms with Gasteiger partial charge in [0.05, 0.1) is 6.04 Å². The number of nitrogens with one attached hydrogen (secondary N) is 2. The Bertz CT molecular complexity index is 481. The van der Waals surface area contributed by atoms with Crippen molar-refractivity contribution in [1.82, 2.24) is 5.32 Å². The van der Waals surface area contributed by atoms with E-state index in [0.29, 0.717) is 0 Å². The van der Waals surface area contributed by atoms with Crippen LogP contribution in [0.25, 0.3) is 0 Å². The Kier molecular flexibility index (Phi) is 3.42. The van der Waals surface area contributed by atoms with Crippen LogP contribution in [0, 0.1) is 0 Å². The zero-order chi connectivity index (χ0) is 13.2. The van der Waals surface area contributed by atoms with Gasteiger partial charge in [0, 0.05) is 12.1 Å². The van der Waals surface area contributed by atoms with Crippen LogP contribution >= 0.6 is 0 Å². The number of anilines is 1. The van der Waals surface area contributed by atoms with Crippen LogP contribution in [0.5, 0.6) is 5.75 Å². The molecule has 102 valence electrons. The molecule has 1 fully saturated rings. The van der Waals surface area contributed by atoms with Crippen LogP contribution in [0.2, 0.25) is 0 Å². The van der Waals surface area contributed by atoms with E-state index in [0.717, 1.165) is 43.7 Å². The fourth-order valence-electron chi connectivity index (χ4n) is 2.80. The van der Waals surface area contributed by atoms with Gasteiger partial charge in [0.1, 0.15) is 11.9 Å². The van der Waals surface area contributed by atoms with Gasteiger partial charge in [-0.25, -0.2) is 0 Å². The van der Waals surface area contributed by atoms with E-state index in [9.17, 15) is 4.79 Å². The summed E-state index contributed by atoms with van der Waals surface area (Å²) in [7, 11) is 0. The van der Waals surface area contributed by atoms with E-state index in [2.05, 4.69) is 17.6 Å². The first-order chi connectivity index (χ1) is 9.22. The minimum absolute atomic E-state index is 0.0443. The summed E-state index contributed by atoms with van der Waals surface area (Å²) < 4.78 is 5.66. The standard InChI is InChI=1S/C15H20N2O2/c1-10-8-11-9-12(5-6-14(11)19-10)17-15(18)13-4-2-3-7-16-13/h5-6,9-10,13,16H,2-4,7-8H2,1H3,(H,17,18). The van der Waals surface area contributed by atoms with E-state index in [-0.39, 0.29) is 18.1 Å². The van der Waals surface area contributed by atoms with Crippen LogP contribution in [0.1, 0.15) is 31.7 Å². The quantitative estimate of drug-likeness (QED) is 0.856. The van der Waals surface area contributed by atoms with Crippen molar-refractivity contribution in [3.05, 3.63) is 23.8 Å². The van der Waals surface area contributed by atoms with Gasteiger partial charge in [0.25, 0.3) is 0 Å². The van der Waals surface area contributed by atoms with Gasteiger partial charge in [0.2, 0.25) is 5.91 Å². The Morgan fingerprint density at radius 2 is 2.32 bits per heavy atom. The van der Waals surface area contributed by atoms with Crippen LogP contribution in [0.15, 0.2) is 18.2 Å². The van der Waals surface area contributed by atoms with Crippen LogP contribution in [-0.4, -0.2) is 24.6 Å². The summed E-state index contributed by atoms with van der Waals surface area (Å²) in [5.41, 5.74) is 2.05. The van der Waals surface area contributed by atoms with Crippen LogP contribution < -0.4 is 15.4 Å². The summed E-state index contributed by atoms with van der Waals surface area (Å²) in [6, 6.07) is 5.84. The van der Waals surface area contributed by atoms with E-state index in [1.165, 1.54) is 5.56 Å². The van der Waals surface area contributed by atoms with Gasteiger partial charge in [-0.2, -0.15) is 0 Å². The zero-order valence-electron chi connectivity index (χ0n) is 11.2. The molecule has 2 atom stereocenters.